The molecule has 0 bridgehead atoms. The average molecular weight is 320 g/mol. The third-order valence-electron chi connectivity index (χ3n) is 3.81. The van der Waals surface area contributed by atoms with E-state index in [0.29, 0.717) is 0 Å². The maximum Gasteiger partial charge on any atom is 0.191 e. The van der Waals surface area contributed by atoms with Gasteiger partial charge in [-0.15, -0.1) is 0 Å². The van der Waals surface area contributed by atoms with E-state index in [2.05, 4.69) is 40.4 Å². The molecule has 0 heterocycles. The molecule has 23 heavy (non-hydrogen) atoms. The largest absolute Gasteiger partial charge is 0.496 e. The Balaban J connectivity index is 2.31. The Hall–Kier alpha value is -1.75. The molecule has 0 saturated heterocycles. The summed E-state index contributed by atoms with van der Waals surface area (Å²) in [4.78, 5) is 6.71. The van der Waals surface area contributed by atoms with Crippen LogP contribution in [0.25, 0.3) is 0 Å². The Morgan fingerprint density at radius 2 is 1.87 bits per heavy atom. The van der Waals surface area contributed by atoms with Gasteiger partial charge in [0.2, 0.25) is 0 Å². The van der Waals surface area contributed by atoms with Gasteiger partial charge in [-0.2, -0.15) is 0 Å². The monoisotopic (exact) mass is 320 g/mol. The molecule has 1 aromatic carbocycles. The number of aliphatic imine (C=N–C) groups is 1. The lowest BCUT2D eigenvalue weighted by Crippen LogP contribution is -2.42. The van der Waals surface area contributed by atoms with Gasteiger partial charge in [-0.1, -0.05) is 32.0 Å². The first-order chi connectivity index (χ1) is 11.2. The summed E-state index contributed by atoms with van der Waals surface area (Å²) in [6.07, 6.45) is 2.10. The second-order valence-electron chi connectivity index (χ2n) is 5.42. The maximum absolute atomic E-state index is 5.38. The number of hydrogen-bond donors (Lipinski definition) is 2. The van der Waals surface area contributed by atoms with Crippen LogP contribution in [-0.4, -0.2) is 57.7 Å². The molecule has 0 spiro atoms. The number of nitrogens with zero attached hydrogens (tertiary/aromatic N) is 2. The van der Waals surface area contributed by atoms with Crippen molar-refractivity contribution in [2.24, 2.45) is 4.99 Å². The van der Waals surface area contributed by atoms with Gasteiger partial charge < -0.3 is 20.3 Å². The Morgan fingerprint density at radius 3 is 2.52 bits per heavy atom. The van der Waals surface area contributed by atoms with Gasteiger partial charge in [-0.05, 0) is 37.6 Å². The van der Waals surface area contributed by atoms with Crippen molar-refractivity contribution in [2.45, 2.75) is 26.7 Å². The van der Waals surface area contributed by atoms with Crippen LogP contribution in [0, 0.1) is 0 Å². The standard InChI is InChI=1S/C18H32N4O/c1-5-14-22(6-2)15-13-21-18(19-3)20-12-11-16-9-7-8-10-17(16)23-4/h7-10H,5-6,11-15H2,1-4H3,(H2,19,20,21). The minimum absolute atomic E-state index is 0.826. The van der Waals surface area contributed by atoms with Crippen LogP contribution in [0.5, 0.6) is 5.75 Å². The number of methoxy groups -OCH3 is 1. The minimum atomic E-state index is 0.826. The van der Waals surface area contributed by atoms with Gasteiger partial charge in [0, 0.05) is 26.7 Å². The first kappa shape index (κ1) is 19.3. The fraction of sp³-hybridized carbons (Fsp3) is 0.611. The van der Waals surface area contributed by atoms with Crippen LogP contribution in [0.3, 0.4) is 0 Å². The molecule has 0 aliphatic carbocycles. The van der Waals surface area contributed by atoms with E-state index in [1.807, 2.05) is 25.2 Å². The number of guanidine groups is 1. The molecular formula is C18H32N4O. The molecule has 0 radical (unpaired) electrons. The Kier molecular flexibility index (Phi) is 9.87. The second kappa shape index (κ2) is 11.8. The highest BCUT2D eigenvalue weighted by molar-refractivity contribution is 5.79. The number of ether oxygens (including phenoxy) is 1. The van der Waals surface area contributed by atoms with Crippen molar-refractivity contribution < 1.29 is 4.74 Å². The molecule has 5 nitrogen and oxygen atoms in total. The molecular weight excluding hydrogens is 288 g/mol. The van der Waals surface area contributed by atoms with E-state index < -0.39 is 0 Å². The van der Waals surface area contributed by atoms with E-state index in [4.69, 9.17) is 4.74 Å². The van der Waals surface area contributed by atoms with Gasteiger partial charge >= 0.3 is 0 Å². The summed E-state index contributed by atoms with van der Waals surface area (Å²) in [5.41, 5.74) is 1.21. The Labute approximate surface area is 141 Å². The molecule has 0 aliphatic rings. The third-order valence-corrected chi connectivity index (χ3v) is 3.81. The lowest BCUT2D eigenvalue weighted by Gasteiger charge is -2.20. The molecule has 1 rings (SSSR count). The summed E-state index contributed by atoms with van der Waals surface area (Å²) in [7, 11) is 3.52. The van der Waals surface area contributed by atoms with Crippen molar-refractivity contribution in [1.29, 1.82) is 0 Å². The highest BCUT2D eigenvalue weighted by Crippen LogP contribution is 2.17. The number of rotatable bonds is 10. The molecule has 0 atom stereocenters. The van der Waals surface area contributed by atoms with Crippen LogP contribution >= 0.6 is 0 Å². The first-order valence-corrected chi connectivity index (χ1v) is 8.53. The Morgan fingerprint density at radius 1 is 1.13 bits per heavy atom. The first-order valence-electron chi connectivity index (χ1n) is 8.53. The van der Waals surface area contributed by atoms with Gasteiger partial charge in [-0.3, -0.25) is 4.99 Å². The molecule has 0 aromatic heterocycles. The SMILES string of the molecule is CCCN(CC)CCNC(=NC)NCCc1ccccc1OC. The van der Waals surface area contributed by atoms with E-state index >= 15 is 0 Å². The zero-order valence-electron chi connectivity index (χ0n) is 15.1. The topological polar surface area (TPSA) is 48.9 Å². The van der Waals surface area contributed by atoms with Gasteiger partial charge in [-0.25, -0.2) is 0 Å². The summed E-state index contributed by atoms with van der Waals surface area (Å²) in [5, 5.41) is 6.73. The van der Waals surface area contributed by atoms with E-state index in [1.165, 1.54) is 12.0 Å². The maximum atomic E-state index is 5.38. The van der Waals surface area contributed by atoms with Gasteiger partial charge in [0.05, 0.1) is 7.11 Å². The number of hydrogen-bond acceptors (Lipinski definition) is 3. The molecule has 0 aliphatic heterocycles. The van der Waals surface area contributed by atoms with Crippen molar-refractivity contribution in [3.63, 3.8) is 0 Å². The van der Waals surface area contributed by atoms with E-state index in [9.17, 15) is 0 Å². The molecule has 0 unspecified atom stereocenters. The quantitative estimate of drug-likeness (QED) is 0.512. The van der Waals surface area contributed by atoms with Crippen LogP contribution in [0.15, 0.2) is 29.3 Å². The number of benzene rings is 1. The van der Waals surface area contributed by atoms with Crippen molar-refractivity contribution in [1.82, 2.24) is 15.5 Å². The second-order valence-corrected chi connectivity index (χ2v) is 5.42. The molecule has 130 valence electrons. The third kappa shape index (κ3) is 7.37. The predicted octanol–water partition coefficient (Wildman–Crippen LogP) is 2.13. The summed E-state index contributed by atoms with van der Waals surface area (Å²) in [5.74, 6) is 1.79. The fourth-order valence-corrected chi connectivity index (χ4v) is 2.52. The Bertz CT molecular complexity index is 462. The van der Waals surface area contributed by atoms with Crippen molar-refractivity contribution in [2.75, 3.05) is 46.9 Å². The summed E-state index contributed by atoms with van der Waals surface area (Å²) in [6, 6.07) is 8.13. The summed E-state index contributed by atoms with van der Waals surface area (Å²) >= 11 is 0. The normalized spacial score (nSPS) is 11.6. The molecule has 2 N–H and O–H groups in total. The molecule has 0 saturated carbocycles. The van der Waals surface area contributed by atoms with Gasteiger partial charge in [0.1, 0.15) is 5.75 Å². The van der Waals surface area contributed by atoms with Crippen molar-refractivity contribution in [3.8, 4) is 5.75 Å². The van der Waals surface area contributed by atoms with E-state index in [0.717, 1.165) is 50.9 Å². The number of para-hydroxylation sites is 1. The summed E-state index contributed by atoms with van der Waals surface area (Å²) in [6.45, 7) is 9.43. The van der Waals surface area contributed by atoms with Crippen molar-refractivity contribution in [3.05, 3.63) is 29.8 Å². The summed E-state index contributed by atoms with van der Waals surface area (Å²) < 4.78 is 5.38. The smallest absolute Gasteiger partial charge is 0.191 e. The minimum Gasteiger partial charge on any atom is -0.496 e. The van der Waals surface area contributed by atoms with Crippen LogP contribution in [0.4, 0.5) is 0 Å². The predicted molar refractivity (Wildman–Crippen MR) is 98.5 cm³/mol. The lowest BCUT2D eigenvalue weighted by molar-refractivity contribution is 0.293. The molecule has 0 fully saturated rings. The lowest BCUT2D eigenvalue weighted by atomic mass is 10.1. The van der Waals surface area contributed by atoms with Crippen LogP contribution in [0.1, 0.15) is 25.8 Å². The molecule has 0 amide bonds. The van der Waals surface area contributed by atoms with Gasteiger partial charge in [0.15, 0.2) is 5.96 Å². The van der Waals surface area contributed by atoms with Crippen LogP contribution in [-0.2, 0) is 6.42 Å². The van der Waals surface area contributed by atoms with E-state index in [-0.39, 0.29) is 0 Å². The highest BCUT2D eigenvalue weighted by atomic mass is 16.5. The highest BCUT2D eigenvalue weighted by Gasteiger charge is 2.04. The van der Waals surface area contributed by atoms with Crippen LogP contribution < -0.4 is 15.4 Å². The number of nitrogens with one attached hydrogen (secondary N) is 2. The number of likely N-dealkylation sites (N-methyl/N-ethyl adjacent to an activating group) is 1. The van der Waals surface area contributed by atoms with E-state index in [1.54, 1.807) is 7.11 Å². The average Bonchev–Trinajstić information content (AvgIpc) is 2.59. The van der Waals surface area contributed by atoms with Crippen molar-refractivity contribution >= 4 is 5.96 Å². The van der Waals surface area contributed by atoms with Gasteiger partial charge in [0.25, 0.3) is 0 Å². The zero-order valence-corrected chi connectivity index (χ0v) is 15.1. The molecule has 5 heteroatoms. The van der Waals surface area contributed by atoms with Crippen LogP contribution in [0.2, 0.25) is 0 Å². The fourth-order valence-electron chi connectivity index (χ4n) is 2.52. The zero-order chi connectivity index (χ0) is 16.9. The molecule has 1 aromatic rings.